The van der Waals surface area contributed by atoms with Crippen molar-refractivity contribution in [3.05, 3.63) is 29.6 Å². The number of nitrogens with two attached hydrogens (primary N) is 1. The molecule has 1 aliphatic rings. The largest absolute Gasteiger partial charge is 0.391 e. The summed E-state index contributed by atoms with van der Waals surface area (Å²) in [5.74, 6) is -1.20. The summed E-state index contributed by atoms with van der Waals surface area (Å²) >= 11 is 0. The summed E-state index contributed by atoms with van der Waals surface area (Å²) in [7, 11) is 0. The molecule has 1 aliphatic heterocycles. The Hall–Kier alpha value is -3.21. The first-order chi connectivity index (χ1) is 18.4. The summed E-state index contributed by atoms with van der Waals surface area (Å²) < 4.78 is 15.0. The number of hydrogen-bond donors (Lipinski definition) is 5. The Bertz CT molecular complexity index is 984. The lowest BCUT2D eigenvalue weighted by molar-refractivity contribution is -0.138. The van der Waals surface area contributed by atoms with Crippen LogP contribution in [0.4, 0.5) is 10.1 Å². The van der Waals surface area contributed by atoms with Crippen molar-refractivity contribution in [2.75, 3.05) is 25.0 Å². The lowest BCUT2D eigenvalue weighted by Gasteiger charge is -2.33. The van der Waals surface area contributed by atoms with Crippen molar-refractivity contribution in [2.24, 2.45) is 11.1 Å². The predicted octanol–water partition coefficient (Wildman–Crippen LogP) is 1.84. The fraction of sp³-hybridized carbons (Fsp3) is 0.643. The highest BCUT2D eigenvalue weighted by Crippen LogP contribution is 2.24. The van der Waals surface area contributed by atoms with Gasteiger partial charge in [0.1, 0.15) is 11.9 Å². The second-order valence-corrected chi connectivity index (χ2v) is 11.3. The van der Waals surface area contributed by atoms with Gasteiger partial charge in [0.2, 0.25) is 24.1 Å². The van der Waals surface area contributed by atoms with Crippen molar-refractivity contribution in [3.8, 4) is 0 Å². The molecule has 218 valence electrons. The maximum absolute atomic E-state index is 15.0. The third kappa shape index (κ3) is 10.8. The third-order valence-corrected chi connectivity index (χ3v) is 6.90. The number of benzene rings is 1. The monoisotopic (exact) mass is 549 g/mol. The molecule has 0 bridgehead atoms. The van der Waals surface area contributed by atoms with Crippen molar-refractivity contribution in [1.29, 1.82) is 0 Å². The van der Waals surface area contributed by atoms with Gasteiger partial charge in [-0.2, -0.15) is 0 Å². The van der Waals surface area contributed by atoms with Crippen molar-refractivity contribution in [2.45, 2.75) is 90.3 Å². The average Bonchev–Trinajstić information content (AvgIpc) is 3.30. The van der Waals surface area contributed by atoms with E-state index in [2.05, 4.69) is 16.0 Å². The predicted molar refractivity (Wildman–Crippen MR) is 147 cm³/mol. The number of rotatable bonds is 16. The minimum Gasteiger partial charge on any atom is -0.391 e. The molecule has 2 rings (SSSR count). The normalized spacial score (nSPS) is 16.8. The zero-order chi connectivity index (χ0) is 29.0. The molecule has 6 N–H and O–H groups in total. The summed E-state index contributed by atoms with van der Waals surface area (Å²) in [5.41, 5.74) is 5.56. The van der Waals surface area contributed by atoms with Gasteiger partial charge in [-0.25, -0.2) is 4.39 Å². The number of hydrogen-bond acceptors (Lipinski definition) is 6. The lowest BCUT2D eigenvalue weighted by Crippen LogP contribution is -2.54. The molecule has 1 aromatic rings. The first-order valence-corrected chi connectivity index (χ1v) is 13.7. The number of unbranched alkanes of at least 4 members (excludes halogenated alkanes) is 2. The Kier molecular flexibility index (Phi) is 12.6. The van der Waals surface area contributed by atoms with Crippen LogP contribution in [-0.2, 0) is 25.6 Å². The van der Waals surface area contributed by atoms with Crippen LogP contribution in [0.3, 0.4) is 0 Å². The van der Waals surface area contributed by atoms with Gasteiger partial charge in [-0.15, -0.1) is 0 Å². The summed E-state index contributed by atoms with van der Waals surface area (Å²) in [5, 5.41) is 18.3. The number of aliphatic hydroxyl groups is 1. The number of carbonyl (C=O) groups excluding carboxylic acids is 4. The molecule has 0 aliphatic carbocycles. The van der Waals surface area contributed by atoms with Crippen LogP contribution < -0.4 is 21.7 Å². The minimum atomic E-state index is -0.670. The molecule has 4 amide bonds. The molecule has 0 radical (unpaired) electrons. The Balaban J connectivity index is 1.80. The van der Waals surface area contributed by atoms with Crippen LogP contribution in [0.25, 0.3) is 0 Å². The summed E-state index contributed by atoms with van der Waals surface area (Å²) in [4.78, 5) is 49.0. The zero-order valence-electron chi connectivity index (χ0n) is 23.3. The second kappa shape index (κ2) is 15.4. The molecular formula is C28H44FN5O5. The zero-order valence-corrected chi connectivity index (χ0v) is 23.3. The first-order valence-electron chi connectivity index (χ1n) is 13.7. The molecule has 1 saturated heterocycles. The van der Waals surface area contributed by atoms with Crippen LogP contribution in [0.5, 0.6) is 0 Å². The summed E-state index contributed by atoms with van der Waals surface area (Å²) in [6.07, 6.45) is 3.82. The SMILES string of the molecule is CC(C)(C)[C@H](NC(=O)CCCCCc1cccc(NC[C@H](CCC(N)=O)NC=O)c1F)C(=O)N1CC[C@@H](O)C1. The van der Waals surface area contributed by atoms with Crippen LogP contribution in [0.1, 0.15) is 71.3 Å². The Labute approximate surface area is 230 Å². The van der Waals surface area contributed by atoms with Crippen LogP contribution in [0.2, 0.25) is 0 Å². The number of nitrogens with zero attached hydrogens (tertiary/aromatic N) is 1. The van der Waals surface area contributed by atoms with E-state index >= 15 is 4.39 Å². The maximum Gasteiger partial charge on any atom is 0.245 e. The third-order valence-electron chi connectivity index (χ3n) is 6.90. The molecule has 3 atom stereocenters. The van der Waals surface area contributed by atoms with Gasteiger partial charge in [0, 0.05) is 38.5 Å². The van der Waals surface area contributed by atoms with E-state index in [0.717, 1.165) is 6.42 Å². The van der Waals surface area contributed by atoms with Gasteiger partial charge in [0.25, 0.3) is 0 Å². The van der Waals surface area contributed by atoms with Crippen molar-refractivity contribution < 1.29 is 28.7 Å². The molecule has 0 spiro atoms. The van der Waals surface area contributed by atoms with E-state index in [9.17, 15) is 24.3 Å². The Morgan fingerprint density at radius 3 is 2.56 bits per heavy atom. The number of anilines is 1. The first kappa shape index (κ1) is 32.0. The number of amides is 4. The van der Waals surface area contributed by atoms with Crippen LogP contribution in [0.15, 0.2) is 18.2 Å². The average molecular weight is 550 g/mol. The number of β-amino-alcohol motifs (C(OH)–C–C–N with tert-alkyl or cyclic N) is 1. The minimum absolute atomic E-state index is 0.115. The molecule has 39 heavy (non-hydrogen) atoms. The number of carbonyl (C=O) groups is 4. The maximum atomic E-state index is 15.0. The topological polar surface area (TPSA) is 154 Å². The van der Waals surface area contributed by atoms with E-state index in [1.807, 2.05) is 20.8 Å². The molecule has 1 heterocycles. The molecule has 1 aromatic carbocycles. The highest BCUT2D eigenvalue weighted by Gasteiger charge is 2.37. The summed E-state index contributed by atoms with van der Waals surface area (Å²) in [6, 6.07) is 4.06. The molecule has 0 aromatic heterocycles. The number of likely N-dealkylation sites (tertiary alicyclic amines) is 1. The van der Waals surface area contributed by atoms with Gasteiger partial charge in [-0.1, -0.05) is 39.3 Å². The molecule has 10 nitrogen and oxygen atoms in total. The number of nitrogens with one attached hydrogen (secondary N) is 3. The Morgan fingerprint density at radius 2 is 1.95 bits per heavy atom. The smallest absolute Gasteiger partial charge is 0.245 e. The summed E-state index contributed by atoms with van der Waals surface area (Å²) in [6.45, 7) is 6.74. The molecule has 1 fully saturated rings. The van der Waals surface area contributed by atoms with Gasteiger partial charge < -0.3 is 31.7 Å². The van der Waals surface area contributed by atoms with Crippen molar-refractivity contribution >= 4 is 29.8 Å². The van der Waals surface area contributed by atoms with E-state index in [-0.39, 0.29) is 43.1 Å². The van der Waals surface area contributed by atoms with Gasteiger partial charge >= 0.3 is 0 Å². The van der Waals surface area contributed by atoms with Crippen LogP contribution in [0, 0.1) is 11.2 Å². The molecule has 0 saturated carbocycles. The van der Waals surface area contributed by atoms with E-state index in [1.54, 1.807) is 23.1 Å². The highest BCUT2D eigenvalue weighted by molar-refractivity contribution is 5.88. The van der Waals surface area contributed by atoms with Crippen molar-refractivity contribution in [1.82, 2.24) is 15.5 Å². The fourth-order valence-corrected chi connectivity index (χ4v) is 4.58. The van der Waals surface area contributed by atoms with E-state index in [0.29, 0.717) is 62.9 Å². The van der Waals surface area contributed by atoms with Gasteiger partial charge in [-0.05, 0) is 49.1 Å². The van der Waals surface area contributed by atoms with Crippen molar-refractivity contribution in [3.63, 3.8) is 0 Å². The number of halogens is 1. The highest BCUT2D eigenvalue weighted by atomic mass is 19.1. The lowest BCUT2D eigenvalue weighted by atomic mass is 9.85. The van der Waals surface area contributed by atoms with E-state index in [4.69, 9.17) is 5.73 Å². The Morgan fingerprint density at radius 1 is 1.21 bits per heavy atom. The molecule has 11 heteroatoms. The van der Waals surface area contributed by atoms with Crippen LogP contribution in [-0.4, -0.2) is 72.0 Å². The number of primary amides is 1. The number of aliphatic hydroxyl groups excluding tert-OH is 1. The quantitative estimate of drug-likeness (QED) is 0.157. The second-order valence-electron chi connectivity index (χ2n) is 11.3. The molecule has 0 unspecified atom stereocenters. The number of aryl methyl sites for hydroxylation is 1. The standard InChI is InChI=1S/C28H44FN5O5/c1-28(2,3)26(27(39)34-15-14-21(36)17-34)33-24(38)11-6-4-5-8-19-9-7-10-22(25(19)29)31-16-20(32-18-35)12-13-23(30)37/h7,9-10,18,20-21,26,31,36H,4-6,8,11-17H2,1-3H3,(H2,30,37)(H,32,35)(H,33,38)/t20-,21+,26+/m0/s1. The van der Waals surface area contributed by atoms with Gasteiger partial charge in [0.15, 0.2) is 0 Å². The van der Waals surface area contributed by atoms with E-state index < -0.39 is 23.5 Å². The van der Waals surface area contributed by atoms with Gasteiger partial charge in [0.05, 0.1) is 11.8 Å². The van der Waals surface area contributed by atoms with Gasteiger partial charge in [-0.3, -0.25) is 19.2 Å². The van der Waals surface area contributed by atoms with Crippen LogP contribution >= 0.6 is 0 Å². The van der Waals surface area contributed by atoms with E-state index in [1.165, 1.54) is 0 Å². The fourth-order valence-electron chi connectivity index (χ4n) is 4.58. The molecular weight excluding hydrogens is 505 g/mol.